The normalized spacial score (nSPS) is 16.4. The van der Waals surface area contributed by atoms with E-state index in [4.69, 9.17) is 4.74 Å². The summed E-state index contributed by atoms with van der Waals surface area (Å²) in [5, 5.41) is 1.52. The fourth-order valence-corrected chi connectivity index (χ4v) is 3.47. The quantitative estimate of drug-likeness (QED) is 0.596. The van der Waals surface area contributed by atoms with E-state index in [0.29, 0.717) is 10.6 Å². The largest absolute Gasteiger partial charge is 0.457 e. The average molecular weight is 398 g/mol. The van der Waals surface area contributed by atoms with Crippen LogP contribution in [0.2, 0.25) is 0 Å². The summed E-state index contributed by atoms with van der Waals surface area (Å²) in [6.45, 7) is -0.468. The minimum atomic E-state index is -4.52. The van der Waals surface area contributed by atoms with Crippen LogP contribution in [0.3, 0.4) is 0 Å². The summed E-state index contributed by atoms with van der Waals surface area (Å²) in [5.41, 5.74) is -0.531. The third kappa shape index (κ3) is 4.51. The predicted molar refractivity (Wildman–Crippen MR) is 90.4 cm³/mol. The number of nitrogens with one attached hydrogen (secondary N) is 2. The number of esters is 1. The van der Waals surface area contributed by atoms with Crippen LogP contribution in [0.4, 0.5) is 18.9 Å². The van der Waals surface area contributed by atoms with Crippen molar-refractivity contribution in [3.63, 3.8) is 0 Å². The number of aromatic nitrogens is 1. The molecule has 0 saturated carbocycles. The second kappa shape index (κ2) is 7.47. The van der Waals surface area contributed by atoms with Gasteiger partial charge in [-0.1, -0.05) is 0 Å². The summed E-state index contributed by atoms with van der Waals surface area (Å²) < 4.78 is 43.1. The molecule has 3 rings (SSSR count). The van der Waals surface area contributed by atoms with Crippen molar-refractivity contribution in [3.05, 3.63) is 47.8 Å². The predicted octanol–water partition coefficient (Wildman–Crippen LogP) is 3.26. The lowest BCUT2D eigenvalue weighted by molar-refractivity contribution is -0.143. The van der Waals surface area contributed by atoms with Gasteiger partial charge in [-0.25, -0.2) is 0 Å². The lowest BCUT2D eigenvalue weighted by atomic mass is 10.1. The molecule has 1 aliphatic rings. The summed E-state index contributed by atoms with van der Waals surface area (Å²) in [7, 11) is 0. The van der Waals surface area contributed by atoms with Gasteiger partial charge in [0.05, 0.1) is 28.6 Å². The van der Waals surface area contributed by atoms with Gasteiger partial charge in [0, 0.05) is 11.1 Å². The van der Waals surface area contributed by atoms with Crippen LogP contribution >= 0.6 is 11.8 Å². The number of hydrogen-bond donors (Lipinski definition) is 2. The number of Topliss-reactive ketones (excluding diaryl/α,β-unsaturated/α-hetero) is 1. The molecule has 142 valence electrons. The second-order valence-corrected chi connectivity index (χ2v) is 6.92. The topological polar surface area (TPSA) is 88.3 Å². The zero-order valence-electron chi connectivity index (χ0n) is 13.6. The van der Waals surface area contributed by atoms with Gasteiger partial charge < -0.3 is 15.0 Å². The standard InChI is InChI=1S/C17H13F3N2O4S/c18-17(19,20)9-3-4-13-11(6-9)22-16(25)14(27-13)7-15(24)26-8-12(23)10-2-1-5-21-10/h1-6,14,21H,7-8H2,(H,22,25). The SMILES string of the molecule is O=C(CC1Sc2ccc(C(F)(F)F)cc2NC1=O)OCC(=O)c1ccc[nH]1. The molecule has 0 saturated heterocycles. The van der Waals surface area contributed by atoms with Gasteiger partial charge in [0.2, 0.25) is 11.7 Å². The van der Waals surface area contributed by atoms with Crippen molar-refractivity contribution in [2.75, 3.05) is 11.9 Å². The van der Waals surface area contributed by atoms with Crippen molar-refractivity contribution in [1.29, 1.82) is 0 Å². The zero-order valence-corrected chi connectivity index (χ0v) is 14.4. The van der Waals surface area contributed by atoms with Gasteiger partial charge >= 0.3 is 12.1 Å². The van der Waals surface area contributed by atoms with Crippen LogP contribution in [0, 0.1) is 0 Å². The Balaban J connectivity index is 1.59. The summed E-state index contributed by atoms with van der Waals surface area (Å²) in [6.07, 6.45) is -3.27. The molecule has 1 amide bonds. The van der Waals surface area contributed by atoms with Crippen LogP contribution < -0.4 is 5.32 Å². The molecule has 2 heterocycles. The highest BCUT2D eigenvalue weighted by molar-refractivity contribution is 8.01. The maximum absolute atomic E-state index is 12.7. The van der Waals surface area contributed by atoms with Crippen LogP contribution in [-0.4, -0.2) is 34.5 Å². The molecule has 0 fully saturated rings. The van der Waals surface area contributed by atoms with Gasteiger partial charge in [-0.05, 0) is 30.3 Å². The Morgan fingerprint density at radius 1 is 1.22 bits per heavy atom. The van der Waals surface area contributed by atoms with Crippen molar-refractivity contribution in [2.24, 2.45) is 0 Å². The van der Waals surface area contributed by atoms with Gasteiger partial charge in [0.1, 0.15) is 0 Å². The summed E-state index contributed by atoms with van der Waals surface area (Å²) in [6, 6.07) is 6.17. The van der Waals surface area contributed by atoms with E-state index in [9.17, 15) is 27.6 Å². The number of anilines is 1. The lowest BCUT2D eigenvalue weighted by Gasteiger charge is -2.24. The molecule has 0 aliphatic carbocycles. The van der Waals surface area contributed by atoms with Crippen molar-refractivity contribution in [2.45, 2.75) is 22.7 Å². The van der Waals surface area contributed by atoms with Gasteiger partial charge in [0.25, 0.3) is 0 Å². The minimum Gasteiger partial charge on any atom is -0.457 e. The highest BCUT2D eigenvalue weighted by atomic mass is 32.2. The Hall–Kier alpha value is -2.75. The molecule has 6 nitrogen and oxygen atoms in total. The molecule has 10 heteroatoms. The summed E-state index contributed by atoms with van der Waals surface area (Å²) in [4.78, 5) is 38.9. The number of alkyl halides is 3. The Morgan fingerprint density at radius 2 is 2.00 bits per heavy atom. The van der Waals surface area contributed by atoms with Gasteiger partial charge in [-0.3, -0.25) is 14.4 Å². The molecule has 2 N–H and O–H groups in total. The smallest absolute Gasteiger partial charge is 0.416 e. The first kappa shape index (κ1) is 19.0. The molecular weight excluding hydrogens is 385 g/mol. The molecule has 1 aromatic heterocycles. The number of aromatic amines is 1. The fraction of sp³-hybridized carbons (Fsp3) is 0.235. The van der Waals surface area contributed by atoms with Crippen LogP contribution in [0.25, 0.3) is 0 Å². The lowest BCUT2D eigenvalue weighted by Crippen LogP contribution is -2.32. The maximum Gasteiger partial charge on any atom is 0.416 e. The number of benzene rings is 1. The average Bonchev–Trinajstić information content (AvgIpc) is 3.14. The maximum atomic E-state index is 12.7. The van der Waals surface area contributed by atoms with E-state index < -0.39 is 41.3 Å². The van der Waals surface area contributed by atoms with Crippen LogP contribution in [0.5, 0.6) is 0 Å². The number of H-pyrrole nitrogens is 1. The van der Waals surface area contributed by atoms with Crippen molar-refractivity contribution < 1.29 is 32.3 Å². The van der Waals surface area contributed by atoms with Crippen LogP contribution in [-0.2, 0) is 20.5 Å². The van der Waals surface area contributed by atoms with Crippen molar-refractivity contribution >= 4 is 35.1 Å². The number of fused-ring (bicyclic) bond motifs is 1. The molecule has 0 spiro atoms. The number of ether oxygens (including phenoxy) is 1. The molecule has 1 aromatic carbocycles. The number of carbonyl (C=O) groups is 3. The Labute approximate surface area is 155 Å². The minimum absolute atomic E-state index is 0.0476. The van der Waals surface area contributed by atoms with E-state index in [1.54, 1.807) is 12.3 Å². The summed E-state index contributed by atoms with van der Waals surface area (Å²) in [5.74, 6) is -1.77. The Morgan fingerprint density at radius 3 is 2.67 bits per heavy atom. The molecule has 0 bridgehead atoms. The highest BCUT2D eigenvalue weighted by Gasteiger charge is 2.34. The number of amides is 1. The fourth-order valence-electron chi connectivity index (χ4n) is 2.40. The number of ketones is 1. The van der Waals surface area contributed by atoms with Crippen LogP contribution in [0.15, 0.2) is 41.4 Å². The van der Waals surface area contributed by atoms with Crippen LogP contribution in [0.1, 0.15) is 22.5 Å². The third-order valence-electron chi connectivity index (χ3n) is 3.74. The van der Waals surface area contributed by atoms with E-state index in [1.807, 2.05) is 0 Å². The van der Waals surface area contributed by atoms with Crippen molar-refractivity contribution in [3.8, 4) is 0 Å². The number of carbonyl (C=O) groups excluding carboxylic acids is 3. The van der Waals surface area contributed by atoms with E-state index in [2.05, 4.69) is 10.3 Å². The van der Waals surface area contributed by atoms with Gasteiger partial charge in [0.15, 0.2) is 6.61 Å². The number of halogens is 3. The van der Waals surface area contributed by atoms with E-state index in [-0.39, 0.29) is 12.1 Å². The van der Waals surface area contributed by atoms with Crippen molar-refractivity contribution in [1.82, 2.24) is 4.98 Å². The number of hydrogen-bond acceptors (Lipinski definition) is 5. The highest BCUT2D eigenvalue weighted by Crippen LogP contribution is 2.40. The molecule has 2 aromatic rings. The molecule has 1 atom stereocenters. The van der Waals surface area contributed by atoms with E-state index >= 15 is 0 Å². The monoisotopic (exact) mass is 398 g/mol. The third-order valence-corrected chi connectivity index (χ3v) is 5.02. The first-order valence-electron chi connectivity index (χ1n) is 7.75. The zero-order chi connectivity index (χ0) is 19.6. The Bertz CT molecular complexity index is 881. The molecule has 1 aliphatic heterocycles. The molecule has 27 heavy (non-hydrogen) atoms. The van der Waals surface area contributed by atoms with Gasteiger partial charge in [-0.2, -0.15) is 13.2 Å². The number of thioether (sulfide) groups is 1. The second-order valence-electron chi connectivity index (χ2n) is 5.68. The van der Waals surface area contributed by atoms with E-state index in [0.717, 1.165) is 23.9 Å². The molecule has 0 radical (unpaired) electrons. The molecule has 1 unspecified atom stereocenters. The van der Waals surface area contributed by atoms with E-state index in [1.165, 1.54) is 12.1 Å². The number of rotatable bonds is 5. The first-order valence-corrected chi connectivity index (χ1v) is 8.63. The molecular formula is C17H13F3N2O4S. The van der Waals surface area contributed by atoms with Gasteiger partial charge in [-0.15, -0.1) is 11.8 Å². The first-order chi connectivity index (χ1) is 12.7. The Kier molecular flexibility index (Phi) is 5.26. The summed E-state index contributed by atoms with van der Waals surface area (Å²) >= 11 is 0.973.